The van der Waals surface area contributed by atoms with Gasteiger partial charge in [0, 0.05) is 59.0 Å². The molecule has 5 saturated heterocycles. The molecule has 0 saturated carbocycles. The number of furan rings is 1. The number of rotatable bonds is 20. The van der Waals surface area contributed by atoms with Crippen LogP contribution in [0.4, 0.5) is 25.8 Å². The number of ether oxygens (including phenoxy) is 1. The van der Waals surface area contributed by atoms with Crippen LogP contribution >= 0.6 is 47.0 Å². The molecule has 123 heavy (non-hydrogen) atoms. The molecule has 4 aromatic rings. The number of anilines is 2. The average molecular weight is 1770 g/mol. The van der Waals surface area contributed by atoms with Gasteiger partial charge in [0.15, 0.2) is 5.76 Å². The third-order valence-electron chi connectivity index (χ3n) is 20.1. The number of carbonyl (C=O) groups excluding carboxylic acids is 11. The van der Waals surface area contributed by atoms with E-state index in [0.29, 0.717) is 81.3 Å². The summed E-state index contributed by atoms with van der Waals surface area (Å²) in [6, 6.07) is 20.2. The zero-order chi connectivity index (χ0) is 89.1. The standard InChI is InChI=1S/C17H17N3O8S.C17H19N3O4.C15H15N3O5S.C15H17N3O4S.C15H15N3O4S/c1-8(21)28-6-9-7-29-16-12(15(23)20(16)13(9)17(24)25)18-14(22)11(19-26-2)10-4-3-5-27-10;1-9-7-8-11-13(16(22)20(11)14(9)17(23)24)19-15(21)12(18)10-5-3-2-4-6-10;1-7-6-24-13-10(12(20)18(13)11(7)14(21)22)17-15(23)16-8-2-4-9(19)5-3-8;2*1-8-7-23-13-10(12(19)18(13)11(8)14(20)21)17-15(22)16-9-5-3-2-4-6-9/h3-5,12,16H,6-7H2,1-2H3,(H,18,22)(H,24,25);2-6,11-13H,7-8,18H2,1H3,(H,19,21)(H,23,24);2-5,10,13,19H,6H2,1H3,(H,21,22)(H2,16,17,23);2-3,6,10,13H,4-5,7H2,1H3,(H,20,21)(H2,16,17,22);2-6,10,13H,7H2,1H3,(H,20,21)(H2,16,17,22)/b19-11-;;;;/t12-,16-;11-,12?,13+;3*10-,13-/m11111/s1. The van der Waals surface area contributed by atoms with E-state index in [2.05, 4.69) is 52.5 Å². The Morgan fingerprint density at radius 1 is 0.512 bits per heavy atom. The molecule has 648 valence electrons. The number of esters is 1. The number of para-hydroxylation sites is 1. The second-order valence-corrected chi connectivity index (χ2v) is 32.9. The Balaban J connectivity index is 0.000000150. The summed E-state index contributed by atoms with van der Waals surface area (Å²) in [6.45, 7) is 7.78. The number of hydrogen-bond donors (Lipinski definition) is 15. The lowest BCUT2D eigenvalue weighted by molar-refractivity contribution is -0.156. The number of phenolic OH excluding ortho intramolecular Hbond substituents is 1. The number of aliphatic carboxylic acids is 5. The highest BCUT2D eigenvalue weighted by molar-refractivity contribution is 8.01. The maximum absolute atomic E-state index is 12.6. The molecule has 0 radical (unpaired) electrons. The number of oxime groups is 1. The topological polar surface area (TPSA) is 577 Å². The van der Waals surface area contributed by atoms with Gasteiger partial charge in [0.05, 0.1) is 12.3 Å². The highest BCUT2D eigenvalue weighted by Crippen LogP contribution is 2.45. The van der Waals surface area contributed by atoms with Crippen molar-refractivity contribution in [3.8, 4) is 5.75 Å². The van der Waals surface area contributed by atoms with Crippen molar-refractivity contribution in [3.63, 3.8) is 0 Å². The van der Waals surface area contributed by atoms with Crippen LogP contribution in [0.5, 0.6) is 5.75 Å². The number of amides is 13. The predicted octanol–water partition coefficient (Wildman–Crippen LogP) is 4.23. The Morgan fingerprint density at radius 3 is 1.38 bits per heavy atom. The molecule has 1 aliphatic carbocycles. The third kappa shape index (κ3) is 20.0. The van der Waals surface area contributed by atoms with E-state index in [1.807, 2.05) is 30.4 Å². The highest BCUT2D eigenvalue weighted by atomic mass is 32.2. The molecule has 40 nitrogen and oxygen atoms in total. The summed E-state index contributed by atoms with van der Waals surface area (Å²) in [5, 5.41) is 78.6. The SMILES string of the molecule is CC1=C(C(=O)O)N2C(=O)[C@@H](NC(=O)C(N)c3ccccc3)[C@H]2CC1.CC1=C(C(=O)O)N2C(=O)[C@@H](NC(=O)NC3=CCC=CC3)[C@H]2SC1.CC1=C(C(=O)O)N2C(=O)[C@@H](NC(=O)Nc3ccc(O)cc3)[C@H]2SC1.CC1=C(C(=O)O)N2C(=O)[C@@H](NC(=O)Nc3ccccc3)[C@H]2SC1.CO/N=C(\C(=O)N[C@@H]1C(=O)N2C(C(=O)O)=C(COC(C)=O)CS[C@H]12)c1ccco1. The molecule has 0 spiro atoms. The fourth-order valence-electron chi connectivity index (χ4n) is 14.2. The summed E-state index contributed by atoms with van der Waals surface area (Å²) in [7, 11) is 1.26. The zero-order valence-corrected chi connectivity index (χ0v) is 69.4. The van der Waals surface area contributed by atoms with Gasteiger partial charge in [-0.3, -0.25) is 62.9 Å². The van der Waals surface area contributed by atoms with Crippen molar-refractivity contribution < 1.29 is 121 Å². The number of nitrogens with zero attached hydrogens (tertiary/aromatic N) is 6. The van der Waals surface area contributed by atoms with E-state index < -0.39 is 136 Å². The molecule has 16 N–H and O–H groups in total. The molecule has 5 fully saturated rings. The van der Waals surface area contributed by atoms with E-state index in [0.717, 1.165) is 17.0 Å². The summed E-state index contributed by atoms with van der Waals surface area (Å²) in [4.78, 5) is 201. The molecule has 11 atom stereocenters. The Morgan fingerprint density at radius 2 is 0.943 bits per heavy atom. The van der Waals surface area contributed by atoms with Crippen LogP contribution in [0.1, 0.15) is 77.7 Å². The Labute approximate surface area is 716 Å². The molecule has 10 aliphatic heterocycles. The number of allylic oxidation sites excluding steroid dienone is 4. The minimum Gasteiger partial charge on any atom is -0.508 e. The van der Waals surface area contributed by atoms with Crippen molar-refractivity contribution in [3.05, 3.63) is 195 Å². The fourth-order valence-corrected chi connectivity index (χ4v) is 19.4. The molecule has 44 heteroatoms. The van der Waals surface area contributed by atoms with Gasteiger partial charge in [-0.2, -0.15) is 0 Å². The van der Waals surface area contributed by atoms with E-state index in [1.165, 1.54) is 117 Å². The number of nitrogens with two attached hydrogens (primary N) is 1. The van der Waals surface area contributed by atoms with Crippen molar-refractivity contribution >= 4 is 159 Å². The first-order valence-electron chi connectivity index (χ1n) is 37.5. The number of thioether (sulfide) groups is 4. The smallest absolute Gasteiger partial charge is 0.352 e. The van der Waals surface area contributed by atoms with E-state index >= 15 is 0 Å². The quantitative estimate of drug-likeness (QED) is 0.0147. The lowest BCUT2D eigenvalue weighted by atomic mass is 9.83. The van der Waals surface area contributed by atoms with Crippen molar-refractivity contribution in [2.24, 2.45) is 10.9 Å². The first-order chi connectivity index (χ1) is 58.6. The van der Waals surface area contributed by atoms with Gasteiger partial charge in [-0.05, 0) is 123 Å². The van der Waals surface area contributed by atoms with Crippen LogP contribution in [0, 0.1) is 0 Å². The first-order valence-corrected chi connectivity index (χ1v) is 41.7. The molecular weight excluding hydrogens is 1690 g/mol. The molecule has 1 unspecified atom stereocenters. The summed E-state index contributed by atoms with van der Waals surface area (Å²) in [5.74, 6) is -7.70. The second-order valence-electron chi connectivity index (χ2n) is 28.4. The van der Waals surface area contributed by atoms with Gasteiger partial charge in [0.25, 0.3) is 35.4 Å². The number of urea groups is 3. The summed E-state index contributed by atoms with van der Waals surface area (Å²) >= 11 is 5.57. The largest absolute Gasteiger partial charge is 0.508 e. The first kappa shape index (κ1) is 90.4. The molecule has 11 heterocycles. The van der Waals surface area contributed by atoms with E-state index in [1.54, 1.807) is 82.3 Å². The molecule has 0 bridgehead atoms. The van der Waals surface area contributed by atoms with Crippen LogP contribution in [0.25, 0.3) is 0 Å². The summed E-state index contributed by atoms with van der Waals surface area (Å²) in [6.07, 6.45) is 9.89. The number of hydrogen-bond acceptors (Lipinski definition) is 26. The molecular formula is C79H83N15O25S4. The van der Waals surface area contributed by atoms with E-state index in [4.69, 9.17) is 14.9 Å². The van der Waals surface area contributed by atoms with Gasteiger partial charge in [-0.15, -0.1) is 47.0 Å². The number of benzene rings is 3. The number of carboxylic acid groups (broad SMARTS) is 5. The van der Waals surface area contributed by atoms with Crippen molar-refractivity contribution in [2.75, 3.05) is 47.4 Å². The number of aromatic hydroxyl groups is 1. The number of carboxylic acids is 5. The van der Waals surface area contributed by atoms with Crippen molar-refractivity contribution in [1.82, 2.24) is 56.4 Å². The normalized spacial score (nSPS) is 23.3. The van der Waals surface area contributed by atoms with Gasteiger partial charge in [-0.1, -0.05) is 71.9 Å². The number of carbonyl (C=O) groups is 16. The Bertz CT molecular complexity index is 5230. The predicted molar refractivity (Wildman–Crippen MR) is 443 cm³/mol. The minimum absolute atomic E-state index is 0.000688. The van der Waals surface area contributed by atoms with E-state index in [9.17, 15) is 107 Å². The van der Waals surface area contributed by atoms with Gasteiger partial charge in [-0.25, -0.2) is 38.4 Å². The average Bonchev–Trinajstić information content (AvgIpc) is 0.847. The fraction of sp³-hybridized carbons (Fsp3) is 0.329. The molecule has 3 aromatic carbocycles. The van der Waals surface area contributed by atoms with E-state index in [-0.39, 0.29) is 80.8 Å². The lowest BCUT2D eigenvalue weighted by Gasteiger charge is -2.50. The Kier molecular flexibility index (Phi) is 29.0. The van der Waals surface area contributed by atoms with Gasteiger partial charge in [0.1, 0.15) is 106 Å². The minimum atomic E-state index is -1.31. The van der Waals surface area contributed by atoms with Crippen molar-refractivity contribution in [1.29, 1.82) is 0 Å². The Hall–Kier alpha value is -13.3. The number of fused-ring (bicyclic) bond motifs is 5. The maximum Gasteiger partial charge on any atom is 0.352 e. The number of β-lactam (4-membered cyclic amide) rings is 5. The number of nitrogens with one attached hydrogen (secondary N) is 8. The van der Waals surface area contributed by atoms with Crippen molar-refractivity contribution in [2.45, 2.75) is 124 Å². The van der Waals surface area contributed by atoms with Crippen LogP contribution < -0.4 is 48.3 Å². The van der Waals surface area contributed by atoms with Gasteiger partial charge in [0.2, 0.25) is 11.6 Å². The lowest BCUT2D eigenvalue weighted by Crippen LogP contribution is -2.72. The monoisotopic (exact) mass is 1770 g/mol. The van der Waals surface area contributed by atoms with Crippen LogP contribution in [-0.2, 0) is 71.9 Å². The highest BCUT2D eigenvalue weighted by Gasteiger charge is 2.59. The molecule has 13 amide bonds. The number of phenols is 1. The maximum atomic E-state index is 12.6. The summed E-state index contributed by atoms with van der Waals surface area (Å²) < 4.78 is 10.0. The van der Waals surface area contributed by atoms with Gasteiger partial charge < -0.3 is 92.9 Å². The van der Waals surface area contributed by atoms with Crippen LogP contribution in [0.15, 0.2) is 193 Å². The summed E-state index contributed by atoms with van der Waals surface area (Å²) in [5.41, 5.74) is 11.1. The molecule has 15 rings (SSSR count). The van der Waals surface area contributed by atoms with Gasteiger partial charge >= 0.3 is 53.9 Å². The van der Waals surface area contributed by atoms with Crippen LogP contribution in [0.2, 0.25) is 0 Å². The van der Waals surface area contributed by atoms with Crippen LogP contribution in [-0.4, -0.2) is 251 Å². The molecule has 1 aromatic heterocycles. The molecule has 11 aliphatic rings. The zero-order valence-electron chi connectivity index (χ0n) is 66.1. The third-order valence-corrected chi connectivity index (χ3v) is 25.8. The van der Waals surface area contributed by atoms with Crippen LogP contribution in [0.3, 0.4) is 0 Å². The second kappa shape index (κ2) is 39.5.